The number of rotatable bonds is 8. The minimum Gasteiger partial charge on any atom is -0.519 e. The maximum atomic E-state index is 6.72. The molecular weight excluding hydrogens is 439 g/mol. The maximum Gasteiger partial charge on any atom is 1.00 e. The molecule has 5 nitrogen and oxygen atoms in total. The number of hydrogen-bond acceptors (Lipinski definition) is 3. The molecule has 4 aromatic rings. The van der Waals surface area contributed by atoms with Gasteiger partial charge in [-0.3, -0.25) is 0 Å². The Balaban J connectivity index is 0.00000267. The van der Waals surface area contributed by atoms with E-state index in [4.69, 9.17) is 10.3 Å². The third-order valence-corrected chi connectivity index (χ3v) is 7.92. The number of hydrogen-bond donors (Lipinski definition) is 0. The zero-order chi connectivity index (χ0) is 23.7. The van der Waals surface area contributed by atoms with E-state index in [1.54, 1.807) is 0 Å². The Morgan fingerprint density at radius 3 is 2.25 bits per heavy atom. The molecule has 0 aliphatic heterocycles. The van der Waals surface area contributed by atoms with Gasteiger partial charge in [0, 0.05) is 5.92 Å². The fourth-order valence-electron chi connectivity index (χ4n) is 6.12. The second-order valence-electron chi connectivity index (χ2n) is 10.1. The molecule has 0 spiro atoms. The van der Waals surface area contributed by atoms with Gasteiger partial charge in [-0.15, -0.1) is 5.10 Å². The zero-order valence-electron chi connectivity index (χ0n) is 21.4. The zero-order valence-corrected chi connectivity index (χ0v) is 21.4. The average molecular weight is 473 g/mol. The van der Waals surface area contributed by atoms with Crippen LogP contribution in [0.3, 0.4) is 0 Å². The van der Waals surface area contributed by atoms with Crippen LogP contribution in [0.2, 0.25) is 0 Å². The van der Waals surface area contributed by atoms with Crippen molar-refractivity contribution in [3.8, 4) is 11.1 Å². The van der Waals surface area contributed by atoms with Gasteiger partial charge in [0.05, 0.1) is 5.52 Å². The van der Waals surface area contributed by atoms with Crippen molar-refractivity contribution in [1.29, 1.82) is 0 Å². The van der Waals surface area contributed by atoms with Crippen LogP contribution in [0.15, 0.2) is 72.8 Å². The first kappa shape index (κ1) is 25.2. The Morgan fingerprint density at radius 2 is 1.56 bits per heavy atom. The van der Waals surface area contributed by atoms with Crippen molar-refractivity contribution in [3.63, 3.8) is 0 Å². The van der Waals surface area contributed by atoms with Crippen molar-refractivity contribution in [2.45, 2.75) is 70.1 Å². The van der Waals surface area contributed by atoms with E-state index in [0.717, 1.165) is 43.1 Å². The van der Waals surface area contributed by atoms with Gasteiger partial charge in [-0.05, 0) is 47.2 Å². The van der Waals surface area contributed by atoms with Crippen LogP contribution >= 0.6 is 0 Å². The smallest absolute Gasteiger partial charge is 0.519 e. The number of nitrogens with zero attached hydrogens (tertiary/aromatic N) is 4. The predicted octanol–water partition coefficient (Wildman–Crippen LogP) is 4.93. The van der Waals surface area contributed by atoms with Crippen molar-refractivity contribution >= 4 is 11.0 Å². The fourth-order valence-corrected chi connectivity index (χ4v) is 6.12. The first-order chi connectivity index (χ1) is 17.3. The number of unbranched alkanes of at least 4 members (excludes halogenated alkanes) is 1. The summed E-state index contributed by atoms with van der Waals surface area (Å²) in [5.74, 6) is 0.368. The van der Waals surface area contributed by atoms with Crippen LogP contribution in [0.4, 0.5) is 0 Å². The molecule has 1 saturated carbocycles. The summed E-state index contributed by atoms with van der Waals surface area (Å²) in [6.07, 6.45) is 8.85. The number of hydroxylamine groups is 1. The molecule has 0 saturated heterocycles. The van der Waals surface area contributed by atoms with E-state index in [-0.39, 0.29) is 25.1 Å². The summed E-state index contributed by atoms with van der Waals surface area (Å²) < 4.78 is 1.98. The minimum atomic E-state index is -0.507. The van der Waals surface area contributed by atoms with Crippen LogP contribution < -0.4 is 18.9 Å². The Kier molecular flexibility index (Phi) is 7.64. The summed E-state index contributed by atoms with van der Waals surface area (Å²) in [6.45, 7) is 2.24. The van der Waals surface area contributed by atoms with E-state index < -0.39 is 5.54 Å². The Bertz CT molecular complexity index is 1270. The molecule has 2 aliphatic carbocycles. The minimum absolute atomic E-state index is 0. The molecular formula is C30H33LiN4O. The Morgan fingerprint density at radius 1 is 0.917 bits per heavy atom. The second-order valence-corrected chi connectivity index (χ2v) is 10.1. The monoisotopic (exact) mass is 472 g/mol. The van der Waals surface area contributed by atoms with Crippen molar-refractivity contribution in [1.82, 2.24) is 15.0 Å². The van der Waals surface area contributed by atoms with Crippen molar-refractivity contribution in [2.75, 3.05) is 0 Å². The van der Waals surface area contributed by atoms with Crippen molar-refractivity contribution < 1.29 is 23.7 Å². The molecule has 3 aromatic carbocycles. The summed E-state index contributed by atoms with van der Waals surface area (Å²) in [6, 6.07) is 25.6. The molecule has 0 radical (unpaired) electrons. The third-order valence-electron chi connectivity index (χ3n) is 7.92. The molecule has 1 aromatic heterocycles. The van der Waals surface area contributed by atoms with Crippen LogP contribution in [-0.4, -0.2) is 15.0 Å². The summed E-state index contributed by atoms with van der Waals surface area (Å²) in [7, 11) is 0. The van der Waals surface area contributed by atoms with Crippen LogP contribution in [0.5, 0.6) is 0 Å². The summed E-state index contributed by atoms with van der Waals surface area (Å²) >= 11 is 0. The van der Waals surface area contributed by atoms with Crippen LogP contribution in [0, 0.1) is 5.92 Å². The SMILES string of the molecule is CCCCC1([N-]OC(C2CCCCC2)n2nnc3ccccc32)c2ccccc2-c2ccccc21.[Li+]. The van der Waals surface area contributed by atoms with Crippen LogP contribution in [0.25, 0.3) is 27.6 Å². The van der Waals surface area contributed by atoms with Gasteiger partial charge in [-0.25, -0.2) is 4.68 Å². The molecule has 180 valence electrons. The third kappa shape index (κ3) is 4.33. The van der Waals surface area contributed by atoms with E-state index in [1.165, 1.54) is 41.5 Å². The van der Waals surface area contributed by atoms with E-state index in [9.17, 15) is 0 Å². The molecule has 6 rings (SSSR count). The maximum absolute atomic E-state index is 6.72. The van der Waals surface area contributed by atoms with E-state index in [0.29, 0.717) is 5.92 Å². The van der Waals surface area contributed by atoms with Gasteiger partial charge in [0.25, 0.3) is 0 Å². The van der Waals surface area contributed by atoms with Gasteiger partial charge in [-0.2, -0.15) is 0 Å². The number of para-hydroxylation sites is 1. The van der Waals surface area contributed by atoms with Crippen molar-refractivity contribution in [3.05, 3.63) is 89.4 Å². The first-order valence-electron chi connectivity index (χ1n) is 13.2. The molecule has 6 heteroatoms. The molecule has 1 atom stereocenters. The van der Waals surface area contributed by atoms with Gasteiger partial charge in [0.2, 0.25) is 0 Å². The Hall–Kier alpha value is -2.42. The molecule has 0 N–H and O–H groups in total. The predicted molar refractivity (Wildman–Crippen MR) is 140 cm³/mol. The molecule has 2 aliphatic rings. The summed E-state index contributed by atoms with van der Waals surface area (Å²) in [5.41, 5.74) is 11.7. The van der Waals surface area contributed by atoms with Gasteiger partial charge < -0.3 is 10.3 Å². The second kappa shape index (κ2) is 10.9. The fraction of sp³-hybridized carbons (Fsp3) is 0.400. The summed E-state index contributed by atoms with van der Waals surface area (Å²) in [4.78, 5) is 6.72. The molecule has 0 bridgehead atoms. The van der Waals surface area contributed by atoms with Crippen LogP contribution in [0.1, 0.15) is 75.6 Å². The van der Waals surface area contributed by atoms with Gasteiger partial charge in [0.15, 0.2) is 0 Å². The van der Waals surface area contributed by atoms with Crippen molar-refractivity contribution in [2.24, 2.45) is 5.92 Å². The van der Waals surface area contributed by atoms with Gasteiger partial charge in [-0.1, -0.05) is 117 Å². The van der Waals surface area contributed by atoms with E-state index in [2.05, 4.69) is 71.8 Å². The topological polar surface area (TPSA) is 54.0 Å². The first-order valence-corrected chi connectivity index (χ1v) is 13.2. The quantitative estimate of drug-likeness (QED) is 0.270. The molecule has 1 fully saturated rings. The molecule has 1 heterocycles. The Labute approximate surface area is 225 Å². The average Bonchev–Trinajstić information content (AvgIpc) is 3.47. The van der Waals surface area contributed by atoms with Crippen LogP contribution in [-0.2, 0) is 10.4 Å². The number of benzene rings is 3. The largest absolute Gasteiger partial charge is 1.00 e. The van der Waals surface area contributed by atoms with Gasteiger partial charge >= 0.3 is 18.9 Å². The number of aromatic nitrogens is 3. The standard InChI is InChI=1S/C30H33N4O.Li/c1-2-3-21-30(25-17-9-7-15-23(25)24-16-8-10-18-26(24)30)32-35-29(22-13-5-4-6-14-22)34-28-20-12-11-19-27(28)31-33-34;/h7-12,15-20,22,29H,2-6,13-14,21H2,1H3;/q-1;+1. The van der Waals surface area contributed by atoms with E-state index in [1.807, 2.05) is 22.9 Å². The van der Waals surface area contributed by atoms with E-state index >= 15 is 0 Å². The number of fused-ring (bicyclic) bond motifs is 4. The normalized spacial score (nSPS) is 17.4. The molecule has 0 amide bonds. The molecule has 1 unspecified atom stereocenters. The summed E-state index contributed by atoms with van der Waals surface area (Å²) in [5, 5.41) is 9.02. The molecule has 36 heavy (non-hydrogen) atoms. The van der Waals surface area contributed by atoms with Gasteiger partial charge in [0.1, 0.15) is 11.7 Å².